The number of anilines is 1. The zero-order chi connectivity index (χ0) is 20.2. The molecule has 0 saturated carbocycles. The number of rotatable bonds is 6. The van der Waals surface area contributed by atoms with Gasteiger partial charge in [-0.05, 0) is 37.1 Å². The number of amides is 2. The van der Waals surface area contributed by atoms with Crippen LogP contribution in [-0.2, 0) is 27.4 Å². The summed E-state index contributed by atoms with van der Waals surface area (Å²) in [4.78, 5) is 31.5. The van der Waals surface area contributed by atoms with E-state index in [0.717, 1.165) is 29.6 Å². The third-order valence-electron chi connectivity index (χ3n) is 5.19. The number of aromatic nitrogens is 2. The van der Waals surface area contributed by atoms with Crippen molar-refractivity contribution in [2.75, 3.05) is 18.6 Å². The summed E-state index contributed by atoms with van der Waals surface area (Å²) < 4.78 is 7.31. The Kier molecular flexibility index (Phi) is 5.57. The number of hydrogen-bond donors (Lipinski definition) is 1. The average molecular weight is 392 g/mol. The van der Waals surface area contributed by atoms with Gasteiger partial charge in [0.25, 0.3) is 0 Å². The minimum absolute atomic E-state index is 0.0638. The average Bonchev–Trinajstić information content (AvgIpc) is 3.41. The zero-order valence-electron chi connectivity index (χ0n) is 16.4. The minimum atomic E-state index is -0.390. The molecule has 1 aliphatic heterocycles. The largest absolute Gasteiger partial charge is 0.368 e. The molecule has 1 atom stereocenters. The monoisotopic (exact) mass is 392 g/mol. The van der Waals surface area contributed by atoms with E-state index in [9.17, 15) is 9.59 Å². The van der Waals surface area contributed by atoms with Crippen molar-refractivity contribution in [2.24, 2.45) is 0 Å². The number of nitrogens with zero attached hydrogens (tertiary/aromatic N) is 3. The van der Waals surface area contributed by atoms with Gasteiger partial charge in [0.15, 0.2) is 0 Å². The number of likely N-dealkylation sites (N-methyl/N-ethyl adjacent to an activating group) is 1. The molecule has 29 heavy (non-hydrogen) atoms. The Morgan fingerprint density at radius 1 is 1.17 bits per heavy atom. The number of para-hydroxylation sites is 3. The van der Waals surface area contributed by atoms with Crippen LogP contribution in [0.4, 0.5) is 5.69 Å². The highest BCUT2D eigenvalue weighted by Crippen LogP contribution is 2.18. The van der Waals surface area contributed by atoms with E-state index in [0.29, 0.717) is 12.4 Å². The van der Waals surface area contributed by atoms with Crippen LogP contribution in [0.25, 0.3) is 11.0 Å². The van der Waals surface area contributed by atoms with E-state index in [1.807, 2.05) is 59.2 Å². The van der Waals surface area contributed by atoms with Gasteiger partial charge in [-0.1, -0.05) is 30.3 Å². The van der Waals surface area contributed by atoms with Gasteiger partial charge in [-0.15, -0.1) is 0 Å². The molecule has 7 nitrogen and oxygen atoms in total. The fourth-order valence-electron chi connectivity index (χ4n) is 3.54. The molecular formula is C22H24N4O3. The molecule has 3 aromatic rings. The highest BCUT2D eigenvalue weighted by Gasteiger charge is 2.24. The molecule has 1 aliphatic rings. The Bertz CT molecular complexity index is 1010. The van der Waals surface area contributed by atoms with Crippen molar-refractivity contribution < 1.29 is 14.3 Å². The standard InChI is InChI=1S/C22H24N4O3/c1-25(16-8-3-2-4-9-16)21(27)15-26-18-11-6-5-10-17(18)24-20(26)14-23-22(28)19-12-7-13-29-19/h2-6,8-11,19H,7,12-15H2,1H3,(H,23,28). The number of nitrogens with one attached hydrogen (secondary N) is 1. The molecule has 4 rings (SSSR count). The van der Waals surface area contributed by atoms with Gasteiger partial charge < -0.3 is 19.5 Å². The Balaban J connectivity index is 1.54. The molecule has 1 fully saturated rings. The molecule has 2 aromatic carbocycles. The number of hydrogen-bond acceptors (Lipinski definition) is 4. The number of ether oxygens (including phenoxy) is 1. The molecule has 1 N–H and O–H groups in total. The fraction of sp³-hybridized carbons (Fsp3) is 0.318. The lowest BCUT2D eigenvalue weighted by Crippen LogP contribution is -2.35. The molecule has 2 amide bonds. The summed E-state index contributed by atoms with van der Waals surface area (Å²) in [6.45, 7) is 1.00. The lowest BCUT2D eigenvalue weighted by molar-refractivity contribution is -0.130. The lowest BCUT2D eigenvalue weighted by atomic mass is 10.2. The predicted octanol–water partition coefficient (Wildman–Crippen LogP) is 2.49. The van der Waals surface area contributed by atoms with Crippen molar-refractivity contribution in [1.29, 1.82) is 0 Å². The molecule has 1 aromatic heterocycles. The van der Waals surface area contributed by atoms with Gasteiger partial charge in [0.2, 0.25) is 11.8 Å². The number of carbonyl (C=O) groups is 2. The molecule has 150 valence electrons. The number of carbonyl (C=O) groups excluding carboxylic acids is 2. The summed E-state index contributed by atoms with van der Waals surface area (Å²) in [5, 5.41) is 2.90. The molecule has 7 heteroatoms. The van der Waals surface area contributed by atoms with Crippen molar-refractivity contribution in [1.82, 2.24) is 14.9 Å². The maximum absolute atomic E-state index is 12.9. The lowest BCUT2D eigenvalue weighted by Gasteiger charge is -2.19. The van der Waals surface area contributed by atoms with Gasteiger partial charge >= 0.3 is 0 Å². The SMILES string of the molecule is CN(C(=O)Cn1c(CNC(=O)C2CCCO2)nc2ccccc21)c1ccccc1. The maximum atomic E-state index is 12.9. The summed E-state index contributed by atoms with van der Waals surface area (Å²) in [5.41, 5.74) is 2.49. The van der Waals surface area contributed by atoms with Gasteiger partial charge in [-0.2, -0.15) is 0 Å². The first-order chi connectivity index (χ1) is 14.1. The normalized spacial score (nSPS) is 16.1. The Labute approximate surface area is 169 Å². The van der Waals surface area contributed by atoms with E-state index >= 15 is 0 Å². The van der Waals surface area contributed by atoms with Gasteiger partial charge in [-0.3, -0.25) is 9.59 Å². The highest BCUT2D eigenvalue weighted by atomic mass is 16.5. The van der Waals surface area contributed by atoms with E-state index in [2.05, 4.69) is 10.3 Å². The third kappa shape index (κ3) is 4.14. The van der Waals surface area contributed by atoms with Crippen molar-refractivity contribution in [2.45, 2.75) is 32.0 Å². The summed E-state index contributed by atoms with van der Waals surface area (Å²) >= 11 is 0. The molecular weight excluding hydrogens is 368 g/mol. The van der Waals surface area contributed by atoms with E-state index < -0.39 is 6.10 Å². The van der Waals surface area contributed by atoms with E-state index in [4.69, 9.17) is 4.74 Å². The summed E-state index contributed by atoms with van der Waals surface area (Å²) in [7, 11) is 1.76. The van der Waals surface area contributed by atoms with E-state index in [1.54, 1.807) is 11.9 Å². The van der Waals surface area contributed by atoms with Crippen LogP contribution in [-0.4, -0.2) is 41.1 Å². The smallest absolute Gasteiger partial charge is 0.249 e. The first kappa shape index (κ1) is 19.1. The van der Waals surface area contributed by atoms with Crippen molar-refractivity contribution in [3.63, 3.8) is 0 Å². The number of imidazole rings is 1. The zero-order valence-corrected chi connectivity index (χ0v) is 16.4. The van der Waals surface area contributed by atoms with Crippen LogP contribution in [0.5, 0.6) is 0 Å². The van der Waals surface area contributed by atoms with Crippen LogP contribution < -0.4 is 10.2 Å². The molecule has 2 heterocycles. The van der Waals surface area contributed by atoms with Gasteiger partial charge in [0, 0.05) is 19.3 Å². The van der Waals surface area contributed by atoms with Crippen molar-refractivity contribution >= 4 is 28.5 Å². The molecule has 1 unspecified atom stereocenters. The summed E-state index contributed by atoms with van der Waals surface area (Å²) in [6.07, 6.45) is 1.25. The maximum Gasteiger partial charge on any atom is 0.249 e. The van der Waals surface area contributed by atoms with Gasteiger partial charge in [0.05, 0.1) is 17.6 Å². The molecule has 1 saturated heterocycles. The summed E-state index contributed by atoms with van der Waals surface area (Å²) in [6, 6.07) is 17.2. The Morgan fingerprint density at radius 3 is 2.69 bits per heavy atom. The first-order valence-electron chi connectivity index (χ1n) is 9.78. The third-order valence-corrected chi connectivity index (χ3v) is 5.19. The molecule has 0 spiro atoms. The van der Waals surface area contributed by atoms with Crippen LogP contribution in [0.3, 0.4) is 0 Å². The van der Waals surface area contributed by atoms with Gasteiger partial charge in [-0.25, -0.2) is 4.98 Å². The van der Waals surface area contributed by atoms with Crippen LogP contribution in [0.15, 0.2) is 54.6 Å². The Hall–Kier alpha value is -3.19. The Morgan fingerprint density at radius 2 is 1.93 bits per heavy atom. The van der Waals surface area contributed by atoms with Crippen LogP contribution >= 0.6 is 0 Å². The van der Waals surface area contributed by atoms with Crippen LogP contribution in [0, 0.1) is 0 Å². The first-order valence-corrected chi connectivity index (χ1v) is 9.78. The molecule has 0 bridgehead atoms. The van der Waals surface area contributed by atoms with Crippen molar-refractivity contribution in [3.05, 3.63) is 60.4 Å². The highest BCUT2D eigenvalue weighted by molar-refractivity contribution is 5.93. The second-order valence-electron chi connectivity index (χ2n) is 7.11. The van der Waals surface area contributed by atoms with Crippen LogP contribution in [0.1, 0.15) is 18.7 Å². The van der Waals surface area contributed by atoms with E-state index in [1.165, 1.54) is 0 Å². The van der Waals surface area contributed by atoms with Gasteiger partial charge in [0.1, 0.15) is 18.5 Å². The molecule has 0 aliphatic carbocycles. The minimum Gasteiger partial charge on any atom is -0.368 e. The quantitative estimate of drug-likeness (QED) is 0.699. The molecule has 0 radical (unpaired) electrons. The number of fused-ring (bicyclic) bond motifs is 1. The summed E-state index contributed by atoms with van der Waals surface area (Å²) in [5.74, 6) is 0.451. The fourth-order valence-corrected chi connectivity index (χ4v) is 3.54. The second-order valence-corrected chi connectivity index (χ2v) is 7.11. The predicted molar refractivity (Wildman–Crippen MR) is 110 cm³/mol. The number of benzene rings is 2. The second kappa shape index (κ2) is 8.45. The topological polar surface area (TPSA) is 76.5 Å². The van der Waals surface area contributed by atoms with Crippen molar-refractivity contribution in [3.8, 4) is 0 Å². The van der Waals surface area contributed by atoms with E-state index in [-0.39, 0.29) is 24.9 Å². The van der Waals surface area contributed by atoms with Crippen LogP contribution in [0.2, 0.25) is 0 Å².